The van der Waals surface area contributed by atoms with Gasteiger partial charge in [0.1, 0.15) is 0 Å². The summed E-state index contributed by atoms with van der Waals surface area (Å²) in [6, 6.07) is 0. The molecule has 0 radical (unpaired) electrons. The Morgan fingerprint density at radius 2 is 2.46 bits per heavy atom. The van der Waals surface area contributed by atoms with E-state index < -0.39 is 0 Å². The summed E-state index contributed by atoms with van der Waals surface area (Å²) in [5, 5.41) is 7.11. The van der Waals surface area contributed by atoms with Gasteiger partial charge in [0.15, 0.2) is 5.82 Å². The van der Waals surface area contributed by atoms with Crippen LogP contribution in [-0.2, 0) is 6.54 Å². The second kappa shape index (κ2) is 4.24. The molecule has 1 aromatic rings. The summed E-state index contributed by atoms with van der Waals surface area (Å²) in [5.74, 6) is 0.665. The standard InChI is InChI=1S/C7H12N6/c1-2-13-4-3-10-6(13)5-11-12-7(8)9/h3-5H,2H2,1H3,(H4,8,9,12)/b11-5+. The third kappa shape index (κ3) is 2.58. The van der Waals surface area contributed by atoms with Gasteiger partial charge in [-0.25, -0.2) is 4.98 Å². The molecule has 0 bridgehead atoms. The number of imidazole rings is 1. The fraction of sp³-hybridized carbons (Fsp3) is 0.286. The van der Waals surface area contributed by atoms with E-state index in [2.05, 4.69) is 15.2 Å². The maximum atomic E-state index is 5.09. The molecule has 13 heavy (non-hydrogen) atoms. The maximum absolute atomic E-state index is 5.09. The second-order valence-electron chi connectivity index (χ2n) is 2.34. The van der Waals surface area contributed by atoms with Gasteiger partial charge in [0.25, 0.3) is 0 Å². The molecule has 0 fully saturated rings. The van der Waals surface area contributed by atoms with Crippen LogP contribution in [0, 0.1) is 0 Å². The Balaban J connectivity index is 2.73. The van der Waals surface area contributed by atoms with Gasteiger partial charge in [-0.3, -0.25) is 0 Å². The minimum atomic E-state index is -0.0640. The molecule has 0 atom stereocenters. The molecule has 70 valence electrons. The summed E-state index contributed by atoms with van der Waals surface area (Å²) < 4.78 is 1.92. The van der Waals surface area contributed by atoms with Gasteiger partial charge in [-0.15, -0.1) is 5.10 Å². The zero-order valence-electron chi connectivity index (χ0n) is 7.38. The fourth-order valence-electron chi connectivity index (χ4n) is 0.863. The van der Waals surface area contributed by atoms with E-state index >= 15 is 0 Å². The lowest BCUT2D eigenvalue weighted by Gasteiger charge is -1.96. The average molecular weight is 180 g/mol. The summed E-state index contributed by atoms with van der Waals surface area (Å²) >= 11 is 0. The molecule has 1 rings (SSSR count). The molecule has 0 spiro atoms. The highest BCUT2D eigenvalue weighted by atomic mass is 15.3. The highest BCUT2D eigenvalue weighted by Gasteiger charge is 1.94. The van der Waals surface area contributed by atoms with Crippen LogP contribution in [0.4, 0.5) is 0 Å². The average Bonchev–Trinajstić information content (AvgIpc) is 2.51. The van der Waals surface area contributed by atoms with E-state index in [0.717, 1.165) is 12.4 Å². The third-order valence-electron chi connectivity index (χ3n) is 1.43. The van der Waals surface area contributed by atoms with Gasteiger partial charge in [0.2, 0.25) is 5.96 Å². The van der Waals surface area contributed by atoms with Crippen molar-refractivity contribution >= 4 is 12.2 Å². The Bertz CT molecular complexity index is 319. The van der Waals surface area contributed by atoms with E-state index in [1.165, 1.54) is 6.21 Å². The highest BCUT2D eigenvalue weighted by molar-refractivity contribution is 5.78. The number of hydrogen-bond donors (Lipinski definition) is 2. The van der Waals surface area contributed by atoms with Crippen LogP contribution in [0.5, 0.6) is 0 Å². The first-order valence-electron chi connectivity index (χ1n) is 3.87. The van der Waals surface area contributed by atoms with E-state index in [0.29, 0.717) is 0 Å². The number of nitrogens with two attached hydrogens (primary N) is 2. The first-order valence-corrected chi connectivity index (χ1v) is 3.87. The van der Waals surface area contributed by atoms with Crippen molar-refractivity contribution in [3.05, 3.63) is 18.2 Å². The Labute approximate surface area is 76.0 Å². The Morgan fingerprint density at radius 1 is 1.69 bits per heavy atom. The lowest BCUT2D eigenvalue weighted by Crippen LogP contribution is -2.21. The molecule has 1 heterocycles. The van der Waals surface area contributed by atoms with E-state index in [-0.39, 0.29) is 5.96 Å². The molecule has 0 aromatic carbocycles. The maximum Gasteiger partial charge on any atom is 0.211 e. The quantitative estimate of drug-likeness (QED) is 0.373. The Morgan fingerprint density at radius 3 is 3.08 bits per heavy atom. The molecule has 0 amide bonds. The molecule has 0 saturated carbocycles. The third-order valence-corrected chi connectivity index (χ3v) is 1.43. The summed E-state index contributed by atoms with van der Waals surface area (Å²) in [6.07, 6.45) is 5.06. The fourth-order valence-corrected chi connectivity index (χ4v) is 0.863. The number of guanidine groups is 1. The van der Waals surface area contributed by atoms with Gasteiger partial charge in [-0.05, 0) is 6.92 Å². The van der Waals surface area contributed by atoms with Crippen molar-refractivity contribution in [1.82, 2.24) is 9.55 Å². The molecule has 0 aliphatic heterocycles. The van der Waals surface area contributed by atoms with Crippen molar-refractivity contribution < 1.29 is 0 Å². The molecule has 0 unspecified atom stereocenters. The normalized spacial score (nSPS) is 10.5. The largest absolute Gasteiger partial charge is 0.369 e. The number of aryl methyl sites for hydroxylation is 1. The smallest absolute Gasteiger partial charge is 0.211 e. The molecule has 6 nitrogen and oxygen atoms in total. The van der Waals surface area contributed by atoms with Gasteiger partial charge in [0.05, 0.1) is 6.21 Å². The summed E-state index contributed by atoms with van der Waals surface area (Å²) in [7, 11) is 0. The van der Waals surface area contributed by atoms with Gasteiger partial charge in [-0.2, -0.15) is 5.10 Å². The van der Waals surface area contributed by atoms with Crippen molar-refractivity contribution in [3.8, 4) is 0 Å². The molecule has 0 saturated heterocycles. The molecule has 0 aliphatic rings. The molecular weight excluding hydrogens is 168 g/mol. The zero-order valence-corrected chi connectivity index (χ0v) is 7.38. The van der Waals surface area contributed by atoms with Crippen molar-refractivity contribution in [2.75, 3.05) is 0 Å². The van der Waals surface area contributed by atoms with Crippen LogP contribution in [0.1, 0.15) is 12.7 Å². The first kappa shape index (κ1) is 9.24. The topological polar surface area (TPSA) is 94.6 Å². The van der Waals surface area contributed by atoms with Crippen LogP contribution >= 0.6 is 0 Å². The van der Waals surface area contributed by atoms with Gasteiger partial charge >= 0.3 is 0 Å². The van der Waals surface area contributed by atoms with E-state index in [4.69, 9.17) is 11.5 Å². The number of rotatable bonds is 3. The van der Waals surface area contributed by atoms with Crippen LogP contribution < -0.4 is 11.5 Å². The van der Waals surface area contributed by atoms with Crippen LogP contribution in [-0.4, -0.2) is 21.7 Å². The molecule has 1 aromatic heterocycles. The predicted octanol–water partition coefficient (Wildman–Crippen LogP) is -0.490. The summed E-state index contributed by atoms with van der Waals surface area (Å²) in [4.78, 5) is 4.05. The van der Waals surface area contributed by atoms with Crippen molar-refractivity contribution in [2.24, 2.45) is 21.7 Å². The minimum Gasteiger partial charge on any atom is -0.369 e. The van der Waals surface area contributed by atoms with Crippen LogP contribution in [0.25, 0.3) is 0 Å². The van der Waals surface area contributed by atoms with Gasteiger partial charge < -0.3 is 16.0 Å². The molecular formula is C7H12N6. The summed E-state index contributed by atoms with van der Waals surface area (Å²) in [5.41, 5.74) is 10.2. The van der Waals surface area contributed by atoms with Crippen LogP contribution in [0.3, 0.4) is 0 Å². The highest BCUT2D eigenvalue weighted by Crippen LogP contribution is 1.93. The van der Waals surface area contributed by atoms with E-state index in [1.54, 1.807) is 6.20 Å². The number of hydrogen-bond acceptors (Lipinski definition) is 3. The zero-order chi connectivity index (χ0) is 9.68. The van der Waals surface area contributed by atoms with Crippen LogP contribution in [0.2, 0.25) is 0 Å². The SMILES string of the molecule is CCn1ccnc1/C=N/N=C(N)N. The molecule has 4 N–H and O–H groups in total. The molecule has 0 aliphatic carbocycles. The van der Waals surface area contributed by atoms with E-state index in [1.807, 2.05) is 17.7 Å². The van der Waals surface area contributed by atoms with Gasteiger partial charge in [0, 0.05) is 18.9 Å². The van der Waals surface area contributed by atoms with Crippen molar-refractivity contribution in [2.45, 2.75) is 13.5 Å². The lowest BCUT2D eigenvalue weighted by molar-refractivity contribution is 0.755. The Kier molecular flexibility index (Phi) is 3.02. The van der Waals surface area contributed by atoms with Gasteiger partial charge in [-0.1, -0.05) is 0 Å². The Hall–Kier alpha value is -1.85. The summed E-state index contributed by atoms with van der Waals surface area (Å²) in [6.45, 7) is 2.85. The minimum absolute atomic E-state index is 0.0640. The predicted molar refractivity (Wildman–Crippen MR) is 51.3 cm³/mol. The number of nitrogens with zero attached hydrogens (tertiary/aromatic N) is 4. The van der Waals surface area contributed by atoms with Crippen molar-refractivity contribution in [3.63, 3.8) is 0 Å². The second-order valence-corrected chi connectivity index (χ2v) is 2.34. The van der Waals surface area contributed by atoms with Crippen LogP contribution in [0.15, 0.2) is 22.6 Å². The van der Waals surface area contributed by atoms with Crippen molar-refractivity contribution in [1.29, 1.82) is 0 Å². The first-order chi connectivity index (χ1) is 6.24. The van der Waals surface area contributed by atoms with E-state index in [9.17, 15) is 0 Å². The number of aromatic nitrogens is 2. The monoisotopic (exact) mass is 180 g/mol. The lowest BCUT2D eigenvalue weighted by atomic mass is 10.6. The molecule has 6 heteroatoms.